The van der Waals surface area contributed by atoms with Crippen molar-refractivity contribution in [1.82, 2.24) is 4.98 Å². The Balaban J connectivity index is 1.69. The predicted octanol–water partition coefficient (Wildman–Crippen LogP) is 4.26. The van der Waals surface area contributed by atoms with E-state index in [2.05, 4.69) is 9.88 Å². The number of nitro groups is 1. The van der Waals surface area contributed by atoms with Crippen LogP contribution in [0.5, 0.6) is 0 Å². The number of anilines is 1. The summed E-state index contributed by atoms with van der Waals surface area (Å²) in [5.74, 6) is -0.982. The Morgan fingerprint density at radius 1 is 1.16 bits per heavy atom. The summed E-state index contributed by atoms with van der Waals surface area (Å²) in [5, 5.41) is 10.9. The van der Waals surface area contributed by atoms with Gasteiger partial charge in [-0.1, -0.05) is 17.7 Å². The quantitative estimate of drug-likeness (QED) is 0.616. The van der Waals surface area contributed by atoms with Gasteiger partial charge in [0.05, 0.1) is 4.92 Å². The van der Waals surface area contributed by atoms with Crippen molar-refractivity contribution >= 4 is 17.6 Å². The van der Waals surface area contributed by atoms with E-state index in [1.54, 1.807) is 19.1 Å². The van der Waals surface area contributed by atoms with Gasteiger partial charge in [-0.05, 0) is 43.5 Å². The first-order valence-corrected chi connectivity index (χ1v) is 7.95. The fourth-order valence-corrected chi connectivity index (χ4v) is 2.91. The SMILES string of the molecule is Cc1nc(N2CCC(=Cc3ccc(F)c(F)c3)CC2)ccc1[N+](=O)[O-]. The third kappa shape index (κ3) is 3.81. The lowest BCUT2D eigenvalue weighted by molar-refractivity contribution is -0.385. The lowest BCUT2D eigenvalue weighted by Gasteiger charge is -2.29. The summed E-state index contributed by atoms with van der Waals surface area (Å²) in [6, 6.07) is 7.01. The molecule has 2 aromatic rings. The molecule has 1 saturated heterocycles. The smallest absolute Gasteiger partial charge is 0.290 e. The van der Waals surface area contributed by atoms with Gasteiger partial charge >= 0.3 is 0 Å². The molecule has 1 aromatic heterocycles. The standard InChI is InChI=1S/C18H17F2N3O2/c1-12-17(23(24)25)4-5-18(21-12)22-8-6-13(7-9-22)10-14-2-3-15(19)16(20)11-14/h2-5,10-11H,6-9H2,1H3. The summed E-state index contributed by atoms with van der Waals surface area (Å²) in [4.78, 5) is 16.8. The molecule has 0 bridgehead atoms. The number of aromatic nitrogens is 1. The molecule has 130 valence electrons. The number of hydrogen-bond acceptors (Lipinski definition) is 4. The van der Waals surface area contributed by atoms with Crippen LogP contribution in [0.3, 0.4) is 0 Å². The van der Waals surface area contributed by atoms with E-state index in [9.17, 15) is 18.9 Å². The van der Waals surface area contributed by atoms with Crippen LogP contribution in [-0.2, 0) is 0 Å². The van der Waals surface area contributed by atoms with Crippen molar-refractivity contribution in [2.24, 2.45) is 0 Å². The molecule has 0 atom stereocenters. The first kappa shape index (κ1) is 17.0. The van der Waals surface area contributed by atoms with Gasteiger partial charge in [-0.2, -0.15) is 0 Å². The van der Waals surface area contributed by atoms with Crippen molar-refractivity contribution < 1.29 is 13.7 Å². The largest absolute Gasteiger partial charge is 0.356 e. The summed E-state index contributed by atoms with van der Waals surface area (Å²) in [5.41, 5.74) is 2.21. The molecule has 0 radical (unpaired) electrons. The summed E-state index contributed by atoms with van der Waals surface area (Å²) >= 11 is 0. The van der Waals surface area contributed by atoms with Crippen LogP contribution in [0, 0.1) is 28.7 Å². The molecular weight excluding hydrogens is 328 g/mol. The molecule has 0 amide bonds. The third-order valence-corrected chi connectivity index (χ3v) is 4.28. The highest BCUT2D eigenvalue weighted by Crippen LogP contribution is 2.26. The van der Waals surface area contributed by atoms with E-state index >= 15 is 0 Å². The highest BCUT2D eigenvalue weighted by atomic mass is 19.2. The second-order valence-electron chi connectivity index (χ2n) is 5.99. The van der Waals surface area contributed by atoms with Gasteiger partial charge < -0.3 is 4.90 Å². The van der Waals surface area contributed by atoms with Crippen LogP contribution in [0.25, 0.3) is 6.08 Å². The van der Waals surface area contributed by atoms with Gasteiger partial charge in [-0.3, -0.25) is 10.1 Å². The van der Waals surface area contributed by atoms with Crippen molar-refractivity contribution in [3.05, 3.63) is 68.9 Å². The minimum Gasteiger partial charge on any atom is -0.356 e. The molecule has 0 unspecified atom stereocenters. The Labute approximate surface area is 143 Å². The fourth-order valence-electron chi connectivity index (χ4n) is 2.91. The molecule has 1 aliphatic heterocycles. The second kappa shape index (κ2) is 6.96. The van der Waals surface area contributed by atoms with Crippen molar-refractivity contribution in [2.75, 3.05) is 18.0 Å². The van der Waals surface area contributed by atoms with E-state index in [1.807, 2.05) is 6.08 Å². The maximum atomic E-state index is 13.3. The molecule has 0 saturated carbocycles. The highest BCUT2D eigenvalue weighted by molar-refractivity contribution is 5.55. The third-order valence-electron chi connectivity index (χ3n) is 4.28. The molecular formula is C18H17F2N3O2. The van der Waals surface area contributed by atoms with Crippen molar-refractivity contribution in [3.8, 4) is 0 Å². The van der Waals surface area contributed by atoms with Gasteiger partial charge in [0.2, 0.25) is 0 Å². The van der Waals surface area contributed by atoms with Gasteiger partial charge in [-0.15, -0.1) is 0 Å². The minimum absolute atomic E-state index is 0.0136. The average Bonchev–Trinajstić information content (AvgIpc) is 2.58. The Morgan fingerprint density at radius 3 is 2.48 bits per heavy atom. The molecule has 0 aliphatic carbocycles. The van der Waals surface area contributed by atoms with E-state index in [1.165, 1.54) is 12.1 Å². The first-order valence-electron chi connectivity index (χ1n) is 7.95. The maximum Gasteiger partial charge on any atom is 0.290 e. The van der Waals surface area contributed by atoms with Crippen molar-refractivity contribution in [1.29, 1.82) is 0 Å². The van der Waals surface area contributed by atoms with Crippen LogP contribution < -0.4 is 4.90 Å². The average molecular weight is 345 g/mol. The molecule has 1 fully saturated rings. The van der Waals surface area contributed by atoms with Crippen LogP contribution >= 0.6 is 0 Å². The first-order chi connectivity index (χ1) is 11.9. The molecule has 0 spiro atoms. The summed E-state index contributed by atoms with van der Waals surface area (Å²) in [6.07, 6.45) is 3.43. The van der Waals surface area contributed by atoms with Crippen LogP contribution in [0.15, 0.2) is 35.9 Å². The molecule has 7 heteroatoms. The lowest BCUT2D eigenvalue weighted by atomic mass is 10.0. The van der Waals surface area contributed by atoms with E-state index in [0.29, 0.717) is 11.3 Å². The van der Waals surface area contributed by atoms with Crippen LogP contribution in [-0.4, -0.2) is 23.0 Å². The zero-order valence-corrected chi connectivity index (χ0v) is 13.7. The predicted molar refractivity (Wildman–Crippen MR) is 91.4 cm³/mol. The molecule has 0 N–H and O–H groups in total. The molecule has 5 nitrogen and oxygen atoms in total. The van der Waals surface area contributed by atoms with E-state index in [0.717, 1.165) is 43.4 Å². The number of rotatable bonds is 3. The summed E-state index contributed by atoms with van der Waals surface area (Å²) in [6.45, 7) is 3.07. The van der Waals surface area contributed by atoms with Crippen molar-refractivity contribution in [2.45, 2.75) is 19.8 Å². The Kier molecular flexibility index (Phi) is 4.74. The monoisotopic (exact) mass is 345 g/mol. The van der Waals surface area contributed by atoms with Crippen LogP contribution in [0.2, 0.25) is 0 Å². The highest BCUT2D eigenvalue weighted by Gasteiger charge is 2.18. The maximum absolute atomic E-state index is 13.3. The Hall–Kier alpha value is -2.83. The summed E-state index contributed by atoms with van der Waals surface area (Å²) in [7, 11) is 0. The van der Waals surface area contributed by atoms with Crippen LogP contribution in [0.4, 0.5) is 20.3 Å². The van der Waals surface area contributed by atoms with E-state index in [-0.39, 0.29) is 5.69 Å². The van der Waals surface area contributed by atoms with E-state index < -0.39 is 16.6 Å². The van der Waals surface area contributed by atoms with Gasteiger partial charge in [-0.25, -0.2) is 13.8 Å². The number of aryl methyl sites for hydroxylation is 1. The fraction of sp³-hybridized carbons (Fsp3) is 0.278. The number of halogens is 2. The van der Waals surface area contributed by atoms with Crippen molar-refractivity contribution in [3.63, 3.8) is 0 Å². The number of piperidine rings is 1. The lowest BCUT2D eigenvalue weighted by Crippen LogP contribution is -2.31. The molecule has 1 aliphatic rings. The number of benzene rings is 1. The molecule has 3 rings (SSSR count). The van der Waals surface area contributed by atoms with Gasteiger partial charge in [0.25, 0.3) is 5.69 Å². The summed E-state index contributed by atoms with van der Waals surface area (Å²) < 4.78 is 26.3. The number of nitrogens with zero attached hydrogens (tertiary/aromatic N) is 3. The number of hydrogen-bond donors (Lipinski definition) is 0. The van der Waals surface area contributed by atoms with E-state index in [4.69, 9.17) is 0 Å². The topological polar surface area (TPSA) is 59.3 Å². The van der Waals surface area contributed by atoms with Gasteiger partial charge in [0, 0.05) is 19.2 Å². The number of pyridine rings is 1. The van der Waals surface area contributed by atoms with Gasteiger partial charge in [0.15, 0.2) is 11.6 Å². The minimum atomic E-state index is -0.850. The molecule has 1 aromatic carbocycles. The zero-order valence-electron chi connectivity index (χ0n) is 13.7. The zero-order chi connectivity index (χ0) is 18.0. The Morgan fingerprint density at radius 2 is 1.88 bits per heavy atom. The Bertz CT molecular complexity index is 842. The molecule has 2 heterocycles. The normalized spacial score (nSPS) is 14.5. The van der Waals surface area contributed by atoms with Gasteiger partial charge in [0.1, 0.15) is 11.5 Å². The second-order valence-corrected chi connectivity index (χ2v) is 5.99. The van der Waals surface area contributed by atoms with Crippen LogP contribution in [0.1, 0.15) is 24.1 Å². The molecule has 25 heavy (non-hydrogen) atoms.